The topological polar surface area (TPSA) is 25.2 Å². The molecular formula is C17H17NO. The van der Waals surface area contributed by atoms with Gasteiger partial charge in [-0.2, -0.15) is 0 Å². The molecule has 0 fully saturated rings. The van der Waals surface area contributed by atoms with E-state index < -0.39 is 0 Å². The minimum Gasteiger partial charge on any atom is -0.467 e. The van der Waals surface area contributed by atoms with Crippen LogP contribution in [0.3, 0.4) is 0 Å². The first-order valence-corrected chi connectivity index (χ1v) is 6.50. The standard InChI is InChI=1S/C17H17NO/c1-12-9-10-15(14-7-4-3-6-13(12)14)17(18-2)16-8-5-11-19-16/h3-11,17-18H,1-2H3. The molecule has 3 aromatic rings. The first kappa shape index (κ1) is 12.0. The van der Waals surface area contributed by atoms with Crippen molar-refractivity contribution in [1.82, 2.24) is 5.32 Å². The van der Waals surface area contributed by atoms with Crippen molar-refractivity contribution < 1.29 is 4.42 Å². The van der Waals surface area contributed by atoms with Gasteiger partial charge >= 0.3 is 0 Å². The van der Waals surface area contributed by atoms with Crippen LogP contribution in [0.4, 0.5) is 0 Å². The van der Waals surface area contributed by atoms with Crippen LogP contribution in [0.1, 0.15) is 22.9 Å². The number of rotatable bonds is 3. The first-order chi connectivity index (χ1) is 9.31. The zero-order valence-corrected chi connectivity index (χ0v) is 11.2. The van der Waals surface area contributed by atoms with Gasteiger partial charge in [0.2, 0.25) is 0 Å². The minimum absolute atomic E-state index is 0.0838. The number of benzene rings is 2. The van der Waals surface area contributed by atoms with E-state index in [1.165, 1.54) is 21.9 Å². The van der Waals surface area contributed by atoms with E-state index in [4.69, 9.17) is 4.42 Å². The van der Waals surface area contributed by atoms with Gasteiger partial charge in [0, 0.05) is 0 Å². The summed E-state index contributed by atoms with van der Waals surface area (Å²) in [4.78, 5) is 0. The summed E-state index contributed by atoms with van der Waals surface area (Å²) in [5, 5.41) is 5.91. The average molecular weight is 251 g/mol. The van der Waals surface area contributed by atoms with Crippen molar-refractivity contribution in [3.05, 3.63) is 71.7 Å². The van der Waals surface area contributed by atoms with Crippen LogP contribution >= 0.6 is 0 Å². The summed E-state index contributed by atoms with van der Waals surface area (Å²) in [6.07, 6.45) is 1.72. The molecule has 1 heterocycles. The van der Waals surface area contributed by atoms with Crippen LogP contribution in [0.25, 0.3) is 10.8 Å². The lowest BCUT2D eigenvalue weighted by Gasteiger charge is -2.17. The van der Waals surface area contributed by atoms with Gasteiger partial charge in [-0.05, 0) is 48.0 Å². The molecule has 0 radical (unpaired) electrons. The third-order valence-corrected chi connectivity index (χ3v) is 3.60. The molecule has 0 saturated heterocycles. The highest BCUT2D eigenvalue weighted by Crippen LogP contribution is 2.30. The normalized spacial score (nSPS) is 12.7. The molecule has 0 bridgehead atoms. The Bertz CT molecular complexity index is 686. The van der Waals surface area contributed by atoms with E-state index in [2.05, 4.69) is 48.6 Å². The molecule has 0 aliphatic heterocycles. The van der Waals surface area contributed by atoms with Crippen LogP contribution in [-0.2, 0) is 0 Å². The van der Waals surface area contributed by atoms with Crippen molar-refractivity contribution in [3.63, 3.8) is 0 Å². The molecule has 19 heavy (non-hydrogen) atoms. The average Bonchev–Trinajstić information content (AvgIpc) is 2.96. The largest absolute Gasteiger partial charge is 0.467 e. The maximum absolute atomic E-state index is 5.56. The summed E-state index contributed by atoms with van der Waals surface area (Å²) >= 11 is 0. The highest BCUT2D eigenvalue weighted by molar-refractivity contribution is 5.89. The predicted octanol–water partition coefficient (Wildman–Crippen LogP) is 4.05. The Balaban J connectivity index is 2.22. The first-order valence-electron chi connectivity index (χ1n) is 6.50. The number of hydrogen-bond donors (Lipinski definition) is 1. The maximum Gasteiger partial charge on any atom is 0.125 e. The van der Waals surface area contributed by atoms with Crippen LogP contribution < -0.4 is 5.32 Å². The van der Waals surface area contributed by atoms with E-state index >= 15 is 0 Å². The predicted molar refractivity (Wildman–Crippen MR) is 78.3 cm³/mol. The second-order valence-electron chi connectivity index (χ2n) is 4.75. The van der Waals surface area contributed by atoms with Gasteiger partial charge in [-0.25, -0.2) is 0 Å². The Hall–Kier alpha value is -2.06. The van der Waals surface area contributed by atoms with Crippen LogP contribution in [-0.4, -0.2) is 7.05 Å². The molecule has 2 aromatic carbocycles. The highest BCUT2D eigenvalue weighted by Gasteiger charge is 2.17. The number of nitrogens with one attached hydrogen (secondary N) is 1. The minimum atomic E-state index is 0.0838. The van der Waals surface area contributed by atoms with Gasteiger partial charge in [-0.1, -0.05) is 36.4 Å². The van der Waals surface area contributed by atoms with Gasteiger partial charge in [0.25, 0.3) is 0 Å². The summed E-state index contributed by atoms with van der Waals surface area (Å²) in [6, 6.07) is 16.9. The Labute approximate surface area is 113 Å². The van der Waals surface area contributed by atoms with Crippen molar-refractivity contribution in [2.45, 2.75) is 13.0 Å². The van der Waals surface area contributed by atoms with Crippen molar-refractivity contribution in [2.24, 2.45) is 0 Å². The van der Waals surface area contributed by atoms with Gasteiger partial charge in [0.1, 0.15) is 5.76 Å². The Morgan fingerprint density at radius 2 is 1.74 bits per heavy atom. The second-order valence-corrected chi connectivity index (χ2v) is 4.75. The van der Waals surface area contributed by atoms with E-state index in [0.29, 0.717) is 0 Å². The molecule has 2 nitrogen and oxygen atoms in total. The summed E-state index contributed by atoms with van der Waals surface area (Å²) in [7, 11) is 1.96. The molecule has 3 rings (SSSR count). The number of fused-ring (bicyclic) bond motifs is 1. The lowest BCUT2D eigenvalue weighted by molar-refractivity contribution is 0.464. The van der Waals surface area contributed by atoms with E-state index in [1.807, 2.05) is 19.2 Å². The molecule has 0 aliphatic rings. The molecule has 0 amide bonds. The molecule has 1 atom stereocenters. The summed E-state index contributed by atoms with van der Waals surface area (Å²) in [6.45, 7) is 2.15. The monoisotopic (exact) mass is 251 g/mol. The molecule has 96 valence electrons. The number of furan rings is 1. The second kappa shape index (κ2) is 4.90. The third-order valence-electron chi connectivity index (χ3n) is 3.60. The zero-order valence-electron chi connectivity index (χ0n) is 11.2. The van der Waals surface area contributed by atoms with Crippen molar-refractivity contribution >= 4 is 10.8 Å². The van der Waals surface area contributed by atoms with Crippen LogP contribution in [0, 0.1) is 6.92 Å². The van der Waals surface area contributed by atoms with Gasteiger partial charge in [-0.3, -0.25) is 0 Å². The van der Waals surface area contributed by atoms with E-state index in [0.717, 1.165) is 5.76 Å². The molecule has 0 aliphatic carbocycles. The molecule has 1 N–H and O–H groups in total. The molecule has 0 spiro atoms. The molecular weight excluding hydrogens is 234 g/mol. The van der Waals surface area contributed by atoms with Gasteiger partial charge < -0.3 is 9.73 Å². The van der Waals surface area contributed by atoms with E-state index in [9.17, 15) is 0 Å². The fourth-order valence-corrected chi connectivity index (χ4v) is 2.63. The van der Waals surface area contributed by atoms with Crippen LogP contribution in [0.15, 0.2) is 59.2 Å². The SMILES string of the molecule is CNC(c1ccco1)c1ccc(C)c2ccccc12. The Kier molecular flexibility index (Phi) is 3.10. The van der Waals surface area contributed by atoms with Crippen molar-refractivity contribution in [2.75, 3.05) is 7.05 Å². The van der Waals surface area contributed by atoms with E-state index in [1.54, 1.807) is 6.26 Å². The summed E-state index contributed by atoms with van der Waals surface area (Å²) in [5.41, 5.74) is 2.55. The summed E-state index contributed by atoms with van der Waals surface area (Å²) in [5.74, 6) is 0.941. The molecule has 1 aromatic heterocycles. The third kappa shape index (κ3) is 2.04. The Morgan fingerprint density at radius 3 is 2.42 bits per heavy atom. The lowest BCUT2D eigenvalue weighted by atomic mass is 9.95. The fourth-order valence-electron chi connectivity index (χ4n) is 2.63. The number of aryl methyl sites for hydroxylation is 1. The van der Waals surface area contributed by atoms with Gasteiger partial charge in [0.05, 0.1) is 12.3 Å². The van der Waals surface area contributed by atoms with Gasteiger partial charge in [-0.15, -0.1) is 0 Å². The molecule has 2 heteroatoms. The highest BCUT2D eigenvalue weighted by atomic mass is 16.3. The van der Waals surface area contributed by atoms with Crippen LogP contribution in [0.5, 0.6) is 0 Å². The smallest absolute Gasteiger partial charge is 0.125 e. The fraction of sp³-hybridized carbons (Fsp3) is 0.176. The lowest BCUT2D eigenvalue weighted by Crippen LogP contribution is -2.17. The van der Waals surface area contributed by atoms with Crippen LogP contribution in [0.2, 0.25) is 0 Å². The summed E-state index contributed by atoms with van der Waals surface area (Å²) < 4.78 is 5.56. The Morgan fingerprint density at radius 1 is 0.947 bits per heavy atom. The maximum atomic E-state index is 5.56. The van der Waals surface area contributed by atoms with Gasteiger partial charge in [0.15, 0.2) is 0 Å². The van der Waals surface area contributed by atoms with Crippen molar-refractivity contribution in [3.8, 4) is 0 Å². The number of hydrogen-bond acceptors (Lipinski definition) is 2. The zero-order chi connectivity index (χ0) is 13.2. The quantitative estimate of drug-likeness (QED) is 0.759. The molecule has 1 unspecified atom stereocenters. The van der Waals surface area contributed by atoms with Crippen molar-refractivity contribution in [1.29, 1.82) is 0 Å². The van der Waals surface area contributed by atoms with E-state index in [-0.39, 0.29) is 6.04 Å². The molecule has 0 saturated carbocycles.